The lowest BCUT2D eigenvalue weighted by Crippen LogP contribution is -2.46. The molecule has 0 unspecified atom stereocenters. The van der Waals surface area contributed by atoms with E-state index < -0.39 is 29.5 Å². The maximum absolute atomic E-state index is 13.6. The Labute approximate surface area is 138 Å². The molecular formula is C18H18F2N2O2. The minimum absolute atomic E-state index is 0.0488. The van der Waals surface area contributed by atoms with Crippen LogP contribution in [0.4, 0.5) is 8.78 Å². The Hall–Kier alpha value is -2.76. The van der Waals surface area contributed by atoms with Crippen LogP contribution in [0.1, 0.15) is 16.7 Å². The number of aryl methyl sites for hydroxylation is 1. The van der Waals surface area contributed by atoms with Gasteiger partial charge in [0, 0.05) is 12.5 Å². The number of rotatable bonds is 6. The number of nitrogens with one attached hydrogen (secondary N) is 1. The highest BCUT2D eigenvalue weighted by Gasteiger charge is 2.19. The molecule has 0 aliphatic heterocycles. The molecule has 0 saturated heterocycles. The lowest BCUT2D eigenvalue weighted by atomic mass is 10.0. The van der Waals surface area contributed by atoms with Gasteiger partial charge in [0.2, 0.25) is 11.8 Å². The van der Waals surface area contributed by atoms with Crippen LogP contribution in [0.3, 0.4) is 0 Å². The Morgan fingerprint density at radius 2 is 1.92 bits per heavy atom. The van der Waals surface area contributed by atoms with Gasteiger partial charge in [0.25, 0.3) is 0 Å². The van der Waals surface area contributed by atoms with Crippen LogP contribution < -0.4 is 11.1 Å². The summed E-state index contributed by atoms with van der Waals surface area (Å²) in [6.07, 6.45) is -0.0572. The predicted molar refractivity (Wildman–Crippen MR) is 86.1 cm³/mol. The molecule has 0 bridgehead atoms. The molecule has 2 rings (SSSR count). The summed E-state index contributed by atoms with van der Waals surface area (Å²) in [6.45, 7) is 1.92. The molecule has 0 spiro atoms. The Bertz CT molecular complexity index is 762. The standard InChI is InChI=1S/C18H18F2N2O2/c1-11-3-2-4-12(7-11)8-16(18(21)24)22-17(23)9-13-5-6-14(19)10-15(13)20/h2-7,10,16H,8-9H2,1H3,(H2,21,24)(H,22,23)/t16-/m0/s1. The summed E-state index contributed by atoms with van der Waals surface area (Å²) in [7, 11) is 0. The zero-order valence-corrected chi connectivity index (χ0v) is 13.2. The van der Waals surface area contributed by atoms with Gasteiger partial charge in [0.05, 0.1) is 6.42 Å². The number of halogens is 2. The highest BCUT2D eigenvalue weighted by atomic mass is 19.1. The van der Waals surface area contributed by atoms with E-state index in [0.717, 1.165) is 17.2 Å². The third-order valence-corrected chi connectivity index (χ3v) is 3.57. The first-order valence-corrected chi connectivity index (χ1v) is 7.43. The molecule has 24 heavy (non-hydrogen) atoms. The summed E-state index contributed by atoms with van der Waals surface area (Å²) in [6, 6.07) is 9.56. The molecule has 2 aromatic carbocycles. The number of nitrogens with two attached hydrogens (primary N) is 1. The summed E-state index contributed by atoms with van der Waals surface area (Å²) in [5, 5.41) is 2.50. The predicted octanol–water partition coefficient (Wildman–Crippen LogP) is 2.03. The maximum Gasteiger partial charge on any atom is 0.240 e. The highest BCUT2D eigenvalue weighted by Crippen LogP contribution is 2.11. The topological polar surface area (TPSA) is 72.2 Å². The molecule has 0 fully saturated rings. The van der Waals surface area contributed by atoms with Gasteiger partial charge in [-0.2, -0.15) is 0 Å². The van der Waals surface area contributed by atoms with Crippen LogP contribution in [0.2, 0.25) is 0 Å². The fourth-order valence-electron chi connectivity index (χ4n) is 2.38. The first-order valence-electron chi connectivity index (χ1n) is 7.43. The summed E-state index contributed by atoms with van der Waals surface area (Å²) >= 11 is 0. The molecule has 2 aromatic rings. The zero-order valence-electron chi connectivity index (χ0n) is 13.2. The van der Waals surface area contributed by atoms with Gasteiger partial charge in [0.1, 0.15) is 17.7 Å². The molecular weight excluding hydrogens is 314 g/mol. The molecule has 0 aromatic heterocycles. The third-order valence-electron chi connectivity index (χ3n) is 3.57. The van der Waals surface area contributed by atoms with E-state index in [9.17, 15) is 18.4 Å². The monoisotopic (exact) mass is 332 g/mol. The Morgan fingerprint density at radius 1 is 1.17 bits per heavy atom. The molecule has 0 heterocycles. The van der Waals surface area contributed by atoms with Gasteiger partial charge in [-0.05, 0) is 24.1 Å². The lowest BCUT2D eigenvalue weighted by Gasteiger charge is -2.16. The van der Waals surface area contributed by atoms with E-state index in [1.165, 1.54) is 6.07 Å². The molecule has 0 aliphatic rings. The molecule has 3 N–H and O–H groups in total. The van der Waals surface area contributed by atoms with E-state index in [0.29, 0.717) is 6.07 Å². The Morgan fingerprint density at radius 3 is 2.54 bits per heavy atom. The van der Waals surface area contributed by atoms with Crippen molar-refractivity contribution in [1.29, 1.82) is 0 Å². The average molecular weight is 332 g/mol. The van der Waals surface area contributed by atoms with E-state index in [4.69, 9.17) is 5.73 Å². The van der Waals surface area contributed by atoms with Crippen molar-refractivity contribution in [3.05, 3.63) is 70.8 Å². The summed E-state index contributed by atoms with van der Waals surface area (Å²) in [4.78, 5) is 23.6. The van der Waals surface area contributed by atoms with Crippen LogP contribution in [-0.4, -0.2) is 17.9 Å². The second kappa shape index (κ2) is 7.68. The van der Waals surface area contributed by atoms with Crippen molar-refractivity contribution in [2.45, 2.75) is 25.8 Å². The van der Waals surface area contributed by atoms with Gasteiger partial charge in [-0.15, -0.1) is 0 Å². The van der Waals surface area contributed by atoms with E-state index in [1.807, 2.05) is 31.2 Å². The van der Waals surface area contributed by atoms with Crippen molar-refractivity contribution in [2.24, 2.45) is 5.73 Å². The Kier molecular flexibility index (Phi) is 5.63. The van der Waals surface area contributed by atoms with Crippen molar-refractivity contribution < 1.29 is 18.4 Å². The summed E-state index contributed by atoms with van der Waals surface area (Å²) in [5.74, 6) is -2.76. The van der Waals surface area contributed by atoms with Gasteiger partial charge in [-0.1, -0.05) is 35.9 Å². The summed E-state index contributed by atoms with van der Waals surface area (Å²) in [5.41, 5.74) is 7.26. The molecule has 0 radical (unpaired) electrons. The minimum atomic E-state index is -0.900. The van der Waals surface area contributed by atoms with Gasteiger partial charge in [-0.25, -0.2) is 8.78 Å². The van der Waals surface area contributed by atoms with Crippen LogP contribution >= 0.6 is 0 Å². The van der Waals surface area contributed by atoms with E-state index >= 15 is 0 Å². The highest BCUT2D eigenvalue weighted by molar-refractivity contribution is 5.87. The van der Waals surface area contributed by atoms with Crippen LogP contribution in [0.15, 0.2) is 42.5 Å². The molecule has 126 valence electrons. The molecule has 0 saturated carbocycles. The third kappa shape index (κ3) is 4.87. The SMILES string of the molecule is Cc1cccc(C[C@H](NC(=O)Cc2ccc(F)cc2F)C(N)=O)c1. The number of hydrogen-bond acceptors (Lipinski definition) is 2. The van der Waals surface area contributed by atoms with Gasteiger partial charge in [0.15, 0.2) is 0 Å². The van der Waals surface area contributed by atoms with E-state index in [1.54, 1.807) is 0 Å². The van der Waals surface area contributed by atoms with Crippen molar-refractivity contribution >= 4 is 11.8 Å². The molecule has 2 amide bonds. The number of primary amides is 1. The van der Waals surface area contributed by atoms with Crippen molar-refractivity contribution in [3.63, 3.8) is 0 Å². The number of hydrogen-bond donors (Lipinski definition) is 2. The summed E-state index contributed by atoms with van der Waals surface area (Å²) < 4.78 is 26.5. The fraction of sp³-hybridized carbons (Fsp3) is 0.222. The van der Waals surface area contributed by atoms with Gasteiger partial charge >= 0.3 is 0 Å². The number of carbonyl (C=O) groups is 2. The number of benzene rings is 2. The quantitative estimate of drug-likeness (QED) is 0.849. The van der Waals surface area contributed by atoms with Crippen molar-refractivity contribution in [1.82, 2.24) is 5.32 Å². The lowest BCUT2D eigenvalue weighted by molar-refractivity contribution is -0.127. The van der Waals surface area contributed by atoms with Gasteiger partial charge < -0.3 is 11.1 Å². The van der Waals surface area contributed by atoms with Crippen molar-refractivity contribution in [2.75, 3.05) is 0 Å². The molecule has 6 heteroatoms. The fourth-order valence-corrected chi connectivity index (χ4v) is 2.38. The maximum atomic E-state index is 13.6. The first-order chi connectivity index (χ1) is 11.3. The van der Waals surface area contributed by atoms with Crippen LogP contribution in [0.25, 0.3) is 0 Å². The van der Waals surface area contributed by atoms with Crippen LogP contribution in [0.5, 0.6) is 0 Å². The van der Waals surface area contributed by atoms with Crippen LogP contribution in [-0.2, 0) is 22.4 Å². The zero-order chi connectivity index (χ0) is 17.7. The van der Waals surface area contributed by atoms with Gasteiger partial charge in [-0.3, -0.25) is 9.59 Å². The first kappa shape index (κ1) is 17.6. The number of carbonyl (C=O) groups excluding carboxylic acids is 2. The second-order valence-corrected chi connectivity index (χ2v) is 5.63. The Balaban J connectivity index is 2.04. The second-order valence-electron chi connectivity index (χ2n) is 5.63. The largest absolute Gasteiger partial charge is 0.368 e. The molecule has 0 aliphatic carbocycles. The van der Waals surface area contributed by atoms with E-state index in [-0.39, 0.29) is 18.4 Å². The smallest absolute Gasteiger partial charge is 0.240 e. The molecule has 4 nitrogen and oxygen atoms in total. The molecule has 1 atom stereocenters. The van der Waals surface area contributed by atoms with Crippen LogP contribution in [0, 0.1) is 18.6 Å². The normalized spacial score (nSPS) is 11.8. The van der Waals surface area contributed by atoms with Crippen molar-refractivity contribution in [3.8, 4) is 0 Å². The number of amides is 2. The minimum Gasteiger partial charge on any atom is -0.368 e. The van der Waals surface area contributed by atoms with E-state index in [2.05, 4.69) is 5.32 Å². The average Bonchev–Trinajstić information content (AvgIpc) is 2.49.